The van der Waals surface area contributed by atoms with Gasteiger partial charge in [0, 0.05) is 26.2 Å². The quantitative estimate of drug-likeness (QED) is 0.871. The third kappa shape index (κ3) is 4.75. The minimum Gasteiger partial charge on any atom is -0.351 e. The predicted octanol–water partition coefficient (Wildman–Crippen LogP) is 1.70. The topological polar surface area (TPSA) is 69.9 Å². The first kappa shape index (κ1) is 18.7. The van der Waals surface area contributed by atoms with Crippen LogP contribution in [-0.2, 0) is 11.2 Å². The number of aryl methyl sites for hydroxylation is 1. The minimum absolute atomic E-state index is 0.0763. The van der Waals surface area contributed by atoms with Crippen LogP contribution in [0.25, 0.3) is 0 Å². The van der Waals surface area contributed by atoms with Crippen LogP contribution in [0.3, 0.4) is 0 Å². The van der Waals surface area contributed by atoms with Crippen molar-refractivity contribution >= 4 is 11.9 Å². The zero-order chi connectivity index (χ0) is 18.4. The number of likely N-dealkylation sites (tertiary alicyclic amines) is 1. The number of nitrogens with zero attached hydrogens (tertiary/aromatic N) is 3. The van der Waals surface area contributed by atoms with Gasteiger partial charge in [0.1, 0.15) is 6.04 Å². The number of amides is 3. The fraction of sp³-hybridized carbons (Fsp3) is 0.600. The predicted molar refractivity (Wildman–Crippen MR) is 102 cm³/mol. The van der Waals surface area contributed by atoms with E-state index in [-0.39, 0.29) is 11.9 Å². The fourth-order valence-electron chi connectivity index (χ4n) is 4.06. The first-order chi connectivity index (χ1) is 12.6. The van der Waals surface area contributed by atoms with Crippen LogP contribution in [0.5, 0.6) is 0 Å². The molecule has 2 heterocycles. The number of hydrogen-bond acceptors (Lipinski definition) is 3. The summed E-state index contributed by atoms with van der Waals surface area (Å²) in [6, 6.07) is 9.75. The molecule has 0 bridgehead atoms. The van der Waals surface area contributed by atoms with Gasteiger partial charge in [-0.05, 0) is 50.8 Å². The Hall–Kier alpha value is -2.08. The molecule has 0 aromatic heterocycles. The van der Waals surface area contributed by atoms with Crippen molar-refractivity contribution in [2.45, 2.75) is 38.1 Å². The summed E-state index contributed by atoms with van der Waals surface area (Å²) in [5.74, 6) is 0.0763. The molecule has 6 nitrogen and oxygen atoms in total. The summed E-state index contributed by atoms with van der Waals surface area (Å²) in [6.07, 6.45) is 4.81. The molecule has 1 aromatic rings. The van der Waals surface area contributed by atoms with E-state index in [0.29, 0.717) is 6.54 Å². The second-order valence-corrected chi connectivity index (χ2v) is 7.30. The zero-order valence-corrected chi connectivity index (χ0v) is 15.5. The summed E-state index contributed by atoms with van der Waals surface area (Å²) >= 11 is 0. The maximum atomic E-state index is 12.8. The average Bonchev–Trinajstić information content (AvgIpc) is 3.03. The Morgan fingerprint density at radius 1 is 1.00 bits per heavy atom. The summed E-state index contributed by atoms with van der Waals surface area (Å²) in [5, 5.41) is 0. The van der Waals surface area contributed by atoms with E-state index in [9.17, 15) is 9.59 Å². The van der Waals surface area contributed by atoms with Crippen molar-refractivity contribution in [1.29, 1.82) is 0 Å². The van der Waals surface area contributed by atoms with E-state index in [1.165, 1.54) is 10.5 Å². The summed E-state index contributed by atoms with van der Waals surface area (Å²) in [4.78, 5) is 30.3. The second kappa shape index (κ2) is 9.03. The molecule has 1 atom stereocenters. The van der Waals surface area contributed by atoms with Crippen molar-refractivity contribution in [2.24, 2.45) is 5.73 Å². The molecule has 2 aliphatic heterocycles. The van der Waals surface area contributed by atoms with Crippen LogP contribution in [0.15, 0.2) is 30.3 Å². The standard InChI is InChI=1S/C20H30N4O2/c21-20(26)24-14-5-10-18(24)19(25)23-13-6-12-22(15-16-23)11-4-9-17-7-2-1-3-8-17/h1-3,7-8,18H,4-6,9-16H2,(H2,21,26)/t18-/m1/s1. The summed E-state index contributed by atoms with van der Waals surface area (Å²) in [6.45, 7) is 5.12. The monoisotopic (exact) mass is 358 g/mol. The first-order valence-electron chi connectivity index (χ1n) is 9.76. The molecule has 142 valence electrons. The van der Waals surface area contributed by atoms with Crippen molar-refractivity contribution in [1.82, 2.24) is 14.7 Å². The number of nitrogens with two attached hydrogens (primary N) is 1. The number of carbonyl (C=O) groups excluding carboxylic acids is 2. The normalized spacial score (nSPS) is 21.6. The Labute approximate surface area is 155 Å². The minimum atomic E-state index is -0.474. The van der Waals surface area contributed by atoms with E-state index in [4.69, 9.17) is 5.73 Å². The van der Waals surface area contributed by atoms with E-state index in [1.807, 2.05) is 11.0 Å². The number of rotatable bonds is 5. The molecule has 0 aliphatic carbocycles. The number of primary amides is 1. The van der Waals surface area contributed by atoms with Crippen molar-refractivity contribution in [3.63, 3.8) is 0 Å². The van der Waals surface area contributed by atoms with Gasteiger partial charge in [-0.25, -0.2) is 4.79 Å². The zero-order valence-electron chi connectivity index (χ0n) is 15.5. The van der Waals surface area contributed by atoms with E-state index in [0.717, 1.165) is 64.8 Å². The Morgan fingerprint density at radius 2 is 1.81 bits per heavy atom. The lowest BCUT2D eigenvalue weighted by Crippen LogP contribution is -2.50. The molecule has 2 fully saturated rings. The third-order valence-electron chi connectivity index (χ3n) is 5.50. The van der Waals surface area contributed by atoms with Gasteiger partial charge in [-0.3, -0.25) is 4.79 Å². The summed E-state index contributed by atoms with van der Waals surface area (Å²) < 4.78 is 0. The van der Waals surface area contributed by atoms with Crippen LogP contribution in [0.2, 0.25) is 0 Å². The van der Waals surface area contributed by atoms with Gasteiger partial charge in [0.25, 0.3) is 0 Å². The Morgan fingerprint density at radius 3 is 2.58 bits per heavy atom. The molecule has 0 saturated carbocycles. The lowest BCUT2D eigenvalue weighted by molar-refractivity contribution is -0.135. The van der Waals surface area contributed by atoms with Gasteiger partial charge in [0.2, 0.25) is 5.91 Å². The van der Waals surface area contributed by atoms with Crippen LogP contribution in [0.4, 0.5) is 4.79 Å². The largest absolute Gasteiger partial charge is 0.351 e. The van der Waals surface area contributed by atoms with Crippen LogP contribution < -0.4 is 5.73 Å². The molecule has 0 radical (unpaired) electrons. The van der Waals surface area contributed by atoms with Gasteiger partial charge in [0.15, 0.2) is 0 Å². The number of benzene rings is 1. The van der Waals surface area contributed by atoms with Crippen LogP contribution >= 0.6 is 0 Å². The molecule has 2 aliphatic rings. The highest BCUT2D eigenvalue weighted by Crippen LogP contribution is 2.20. The highest BCUT2D eigenvalue weighted by Gasteiger charge is 2.35. The molecular weight excluding hydrogens is 328 g/mol. The van der Waals surface area contributed by atoms with E-state index in [2.05, 4.69) is 29.2 Å². The Bertz CT molecular complexity index is 607. The lowest BCUT2D eigenvalue weighted by Gasteiger charge is -2.28. The molecule has 1 aromatic carbocycles. The average molecular weight is 358 g/mol. The molecule has 3 rings (SSSR count). The highest BCUT2D eigenvalue weighted by atomic mass is 16.2. The molecule has 0 unspecified atom stereocenters. The van der Waals surface area contributed by atoms with Crippen LogP contribution in [0, 0.1) is 0 Å². The molecule has 2 saturated heterocycles. The first-order valence-corrected chi connectivity index (χ1v) is 9.76. The molecule has 6 heteroatoms. The Kier molecular flexibility index (Phi) is 6.50. The number of hydrogen-bond donors (Lipinski definition) is 1. The highest BCUT2D eigenvalue weighted by molar-refractivity contribution is 5.87. The van der Waals surface area contributed by atoms with Gasteiger partial charge >= 0.3 is 6.03 Å². The van der Waals surface area contributed by atoms with E-state index in [1.54, 1.807) is 0 Å². The third-order valence-corrected chi connectivity index (χ3v) is 5.50. The van der Waals surface area contributed by atoms with Crippen molar-refractivity contribution in [3.8, 4) is 0 Å². The molecular formula is C20H30N4O2. The van der Waals surface area contributed by atoms with Crippen molar-refractivity contribution < 1.29 is 9.59 Å². The van der Waals surface area contributed by atoms with Gasteiger partial charge in [-0.15, -0.1) is 0 Å². The van der Waals surface area contributed by atoms with Crippen molar-refractivity contribution in [3.05, 3.63) is 35.9 Å². The lowest BCUT2D eigenvalue weighted by atomic mass is 10.1. The van der Waals surface area contributed by atoms with Crippen LogP contribution in [-0.4, -0.2) is 71.9 Å². The summed E-state index contributed by atoms with van der Waals surface area (Å²) in [7, 11) is 0. The molecule has 3 amide bonds. The number of urea groups is 1. The molecule has 26 heavy (non-hydrogen) atoms. The maximum Gasteiger partial charge on any atom is 0.315 e. The fourth-order valence-corrected chi connectivity index (χ4v) is 4.06. The van der Waals surface area contributed by atoms with Gasteiger partial charge < -0.3 is 20.4 Å². The van der Waals surface area contributed by atoms with E-state index < -0.39 is 6.03 Å². The molecule has 2 N–H and O–H groups in total. The maximum absolute atomic E-state index is 12.8. The van der Waals surface area contributed by atoms with E-state index >= 15 is 0 Å². The van der Waals surface area contributed by atoms with Gasteiger partial charge in [-0.1, -0.05) is 30.3 Å². The molecule has 0 spiro atoms. The summed E-state index contributed by atoms with van der Waals surface area (Å²) in [5.41, 5.74) is 6.80. The SMILES string of the molecule is NC(=O)N1CCC[C@@H]1C(=O)N1CCCN(CCCc2ccccc2)CC1. The Balaban J connectivity index is 1.45. The second-order valence-electron chi connectivity index (χ2n) is 7.30. The smallest absolute Gasteiger partial charge is 0.315 e. The van der Waals surface area contributed by atoms with Gasteiger partial charge in [-0.2, -0.15) is 0 Å². The van der Waals surface area contributed by atoms with Crippen molar-refractivity contribution in [2.75, 3.05) is 39.3 Å². The number of carbonyl (C=O) groups is 2. The van der Waals surface area contributed by atoms with Gasteiger partial charge in [0.05, 0.1) is 0 Å². The van der Waals surface area contributed by atoms with Crippen LogP contribution in [0.1, 0.15) is 31.2 Å².